The molecule has 0 spiro atoms. The summed E-state index contributed by atoms with van der Waals surface area (Å²) in [6.45, 7) is 7.74. The van der Waals surface area contributed by atoms with Crippen LogP contribution >= 0.6 is 0 Å². The van der Waals surface area contributed by atoms with Crippen LogP contribution in [0.3, 0.4) is 0 Å². The van der Waals surface area contributed by atoms with Crippen LogP contribution in [0.4, 0.5) is 0 Å². The molecule has 0 bridgehead atoms. The smallest absolute Gasteiger partial charge is 0.0236 e. The molecular weight excluding hydrogens is 196 g/mol. The molecule has 16 heavy (non-hydrogen) atoms. The monoisotopic (exact) mass is 218 g/mol. The molecule has 0 aliphatic carbocycles. The van der Waals surface area contributed by atoms with Crippen molar-refractivity contribution in [2.24, 2.45) is 5.73 Å². The first-order chi connectivity index (χ1) is 7.65. The second-order valence-electron chi connectivity index (χ2n) is 5.04. The molecule has 0 aromatic heterocycles. The number of nitrogens with zero attached hydrogens (tertiary/aromatic N) is 1. The van der Waals surface area contributed by atoms with Crippen LogP contribution in [0.15, 0.2) is 18.2 Å². The van der Waals surface area contributed by atoms with Gasteiger partial charge in [0.1, 0.15) is 0 Å². The van der Waals surface area contributed by atoms with Crippen molar-refractivity contribution in [2.75, 3.05) is 13.1 Å². The van der Waals surface area contributed by atoms with Crippen molar-refractivity contribution in [3.8, 4) is 0 Å². The molecule has 88 valence electrons. The van der Waals surface area contributed by atoms with Crippen LogP contribution in [0.1, 0.15) is 29.5 Å². The van der Waals surface area contributed by atoms with E-state index in [1.807, 2.05) is 0 Å². The summed E-state index contributed by atoms with van der Waals surface area (Å²) in [5.74, 6) is 0. The molecule has 1 aromatic rings. The summed E-state index contributed by atoms with van der Waals surface area (Å²) in [5, 5.41) is 0. The molecule has 1 fully saturated rings. The minimum absolute atomic E-state index is 0.426. The summed E-state index contributed by atoms with van der Waals surface area (Å²) < 4.78 is 0. The predicted octanol–water partition coefficient (Wildman–Crippen LogP) is 2.23. The van der Waals surface area contributed by atoms with Gasteiger partial charge in [-0.25, -0.2) is 0 Å². The predicted molar refractivity (Wildman–Crippen MR) is 68.4 cm³/mol. The third kappa shape index (κ3) is 2.83. The Labute approximate surface area is 98.4 Å². The average molecular weight is 218 g/mol. The molecular formula is C14H22N2. The van der Waals surface area contributed by atoms with Gasteiger partial charge in [-0.05, 0) is 50.9 Å². The number of nitrogens with two attached hydrogens (primary N) is 1. The van der Waals surface area contributed by atoms with Crippen LogP contribution < -0.4 is 5.73 Å². The van der Waals surface area contributed by atoms with E-state index in [0.29, 0.717) is 6.04 Å². The Hall–Kier alpha value is -0.860. The summed E-state index contributed by atoms with van der Waals surface area (Å²) >= 11 is 0. The molecule has 1 saturated heterocycles. The van der Waals surface area contributed by atoms with Gasteiger partial charge >= 0.3 is 0 Å². The Balaban J connectivity index is 2.00. The molecule has 2 rings (SSSR count). The topological polar surface area (TPSA) is 29.3 Å². The minimum Gasteiger partial charge on any atom is -0.328 e. The Morgan fingerprint density at radius 3 is 2.62 bits per heavy atom. The minimum atomic E-state index is 0.426. The summed E-state index contributed by atoms with van der Waals surface area (Å²) in [4.78, 5) is 2.52. The molecule has 2 N–H and O–H groups in total. The average Bonchev–Trinajstić information content (AvgIpc) is 2.27. The highest BCUT2D eigenvalue weighted by atomic mass is 15.1. The van der Waals surface area contributed by atoms with E-state index >= 15 is 0 Å². The number of piperidine rings is 1. The van der Waals surface area contributed by atoms with Crippen molar-refractivity contribution in [2.45, 2.75) is 39.3 Å². The maximum Gasteiger partial charge on any atom is 0.0236 e. The Morgan fingerprint density at radius 1 is 1.25 bits per heavy atom. The maximum absolute atomic E-state index is 5.92. The second-order valence-corrected chi connectivity index (χ2v) is 5.04. The van der Waals surface area contributed by atoms with E-state index in [1.165, 1.54) is 16.7 Å². The molecule has 0 radical (unpaired) electrons. The molecule has 1 aromatic carbocycles. The number of rotatable bonds is 2. The fourth-order valence-electron chi connectivity index (χ4n) is 2.32. The zero-order chi connectivity index (χ0) is 11.5. The van der Waals surface area contributed by atoms with Crippen LogP contribution in [-0.2, 0) is 6.54 Å². The largest absolute Gasteiger partial charge is 0.328 e. The van der Waals surface area contributed by atoms with Gasteiger partial charge < -0.3 is 5.73 Å². The lowest BCUT2D eigenvalue weighted by Gasteiger charge is -2.30. The molecule has 0 atom stereocenters. The van der Waals surface area contributed by atoms with Crippen molar-refractivity contribution in [3.63, 3.8) is 0 Å². The van der Waals surface area contributed by atoms with Gasteiger partial charge in [0.05, 0.1) is 0 Å². The first-order valence-corrected chi connectivity index (χ1v) is 6.19. The lowest BCUT2D eigenvalue weighted by Crippen LogP contribution is -2.39. The van der Waals surface area contributed by atoms with Gasteiger partial charge in [-0.1, -0.05) is 23.8 Å². The van der Waals surface area contributed by atoms with Crippen molar-refractivity contribution in [1.29, 1.82) is 0 Å². The molecule has 1 aliphatic rings. The highest BCUT2D eigenvalue weighted by Crippen LogP contribution is 2.16. The van der Waals surface area contributed by atoms with Crippen LogP contribution in [-0.4, -0.2) is 24.0 Å². The van der Waals surface area contributed by atoms with Gasteiger partial charge in [0.2, 0.25) is 0 Å². The summed E-state index contributed by atoms with van der Waals surface area (Å²) in [7, 11) is 0. The zero-order valence-corrected chi connectivity index (χ0v) is 10.4. The van der Waals surface area contributed by atoms with Crippen molar-refractivity contribution < 1.29 is 0 Å². The zero-order valence-electron chi connectivity index (χ0n) is 10.4. The summed E-state index contributed by atoms with van der Waals surface area (Å²) in [6.07, 6.45) is 2.29. The van der Waals surface area contributed by atoms with Gasteiger partial charge in [0, 0.05) is 12.6 Å². The Morgan fingerprint density at radius 2 is 1.94 bits per heavy atom. The Kier molecular flexibility index (Phi) is 3.62. The van der Waals surface area contributed by atoms with E-state index in [9.17, 15) is 0 Å². The van der Waals surface area contributed by atoms with Crippen molar-refractivity contribution in [3.05, 3.63) is 34.9 Å². The number of aryl methyl sites for hydroxylation is 2. The number of benzene rings is 1. The lowest BCUT2D eigenvalue weighted by atomic mass is 10.0. The van der Waals surface area contributed by atoms with Crippen LogP contribution in [0.5, 0.6) is 0 Å². The van der Waals surface area contributed by atoms with Crippen LogP contribution in [0.2, 0.25) is 0 Å². The molecule has 0 saturated carbocycles. The summed E-state index contributed by atoms with van der Waals surface area (Å²) in [5.41, 5.74) is 10.1. The standard InChI is InChI=1S/C14H22N2/c1-11-3-4-12(2)13(9-11)10-16-7-5-14(15)6-8-16/h3-4,9,14H,5-8,10,15H2,1-2H3. The molecule has 1 aliphatic heterocycles. The fraction of sp³-hybridized carbons (Fsp3) is 0.571. The third-order valence-corrected chi connectivity index (χ3v) is 3.53. The van der Waals surface area contributed by atoms with E-state index in [-0.39, 0.29) is 0 Å². The lowest BCUT2D eigenvalue weighted by molar-refractivity contribution is 0.205. The SMILES string of the molecule is Cc1ccc(C)c(CN2CCC(N)CC2)c1. The van der Waals surface area contributed by atoms with Crippen LogP contribution in [0.25, 0.3) is 0 Å². The van der Waals surface area contributed by atoms with Gasteiger partial charge in [0.25, 0.3) is 0 Å². The number of likely N-dealkylation sites (tertiary alicyclic amines) is 1. The number of hydrogen-bond acceptors (Lipinski definition) is 2. The third-order valence-electron chi connectivity index (χ3n) is 3.53. The summed E-state index contributed by atoms with van der Waals surface area (Å²) in [6, 6.07) is 7.14. The second kappa shape index (κ2) is 4.98. The van der Waals surface area contributed by atoms with Crippen molar-refractivity contribution >= 4 is 0 Å². The fourth-order valence-corrected chi connectivity index (χ4v) is 2.32. The molecule has 0 unspecified atom stereocenters. The highest BCUT2D eigenvalue weighted by molar-refractivity contribution is 5.30. The maximum atomic E-state index is 5.92. The van der Waals surface area contributed by atoms with Crippen LogP contribution in [0, 0.1) is 13.8 Å². The van der Waals surface area contributed by atoms with Gasteiger partial charge in [-0.2, -0.15) is 0 Å². The van der Waals surface area contributed by atoms with Gasteiger partial charge in [-0.3, -0.25) is 4.90 Å². The highest BCUT2D eigenvalue weighted by Gasteiger charge is 2.16. The number of hydrogen-bond donors (Lipinski definition) is 1. The van der Waals surface area contributed by atoms with Gasteiger partial charge in [0.15, 0.2) is 0 Å². The first kappa shape index (κ1) is 11.6. The first-order valence-electron chi connectivity index (χ1n) is 6.19. The Bertz CT molecular complexity index is 352. The van der Waals surface area contributed by atoms with E-state index in [0.717, 1.165) is 32.5 Å². The molecule has 2 heteroatoms. The molecule has 1 heterocycles. The van der Waals surface area contributed by atoms with E-state index in [4.69, 9.17) is 5.73 Å². The van der Waals surface area contributed by atoms with E-state index in [2.05, 4.69) is 36.9 Å². The quantitative estimate of drug-likeness (QED) is 0.825. The normalized spacial score (nSPS) is 18.9. The van der Waals surface area contributed by atoms with E-state index < -0.39 is 0 Å². The molecule has 2 nitrogen and oxygen atoms in total. The van der Waals surface area contributed by atoms with Gasteiger partial charge in [-0.15, -0.1) is 0 Å². The van der Waals surface area contributed by atoms with Crippen molar-refractivity contribution in [1.82, 2.24) is 4.90 Å². The van der Waals surface area contributed by atoms with E-state index in [1.54, 1.807) is 0 Å². The molecule has 0 amide bonds.